The number of hydrogen-bond donors (Lipinski definition) is 7. The molecule has 2 heterocycles. The second-order valence-corrected chi connectivity index (χ2v) is 17.2. The Bertz CT molecular complexity index is 2970. The van der Waals surface area contributed by atoms with Crippen LogP contribution < -0.4 is 29.6 Å². The van der Waals surface area contributed by atoms with Crippen molar-refractivity contribution in [1.82, 2.24) is 20.6 Å². The highest BCUT2D eigenvalue weighted by Crippen LogP contribution is 2.38. The average Bonchev–Trinajstić information content (AvgIpc) is 3.36. The molecule has 0 saturated heterocycles. The summed E-state index contributed by atoms with van der Waals surface area (Å²) < 4.78 is 56.1. The molecule has 0 amide bonds. The van der Waals surface area contributed by atoms with Gasteiger partial charge in [-0.1, -0.05) is 35.3 Å². The van der Waals surface area contributed by atoms with E-state index in [0.29, 0.717) is 55.6 Å². The van der Waals surface area contributed by atoms with Crippen LogP contribution in [0.4, 0.5) is 8.78 Å². The Labute approximate surface area is 423 Å². The topological polar surface area (TPSA) is 253 Å². The van der Waals surface area contributed by atoms with Gasteiger partial charge in [-0.25, -0.2) is 8.78 Å². The minimum Gasteiger partial charge on any atom is -0.488 e. The first-order chi connectivity index (χ1) is 34.6. The lowest BCUT2D eigenvalue weighted by molar-refractivity contribution is -0.140. The number of aliphatic hydroxyl groups is 4. The molecule has 0 aliphatic rings. The van der Waals surface area contributed by atoms with Gasteiger partial charge in [-0.05, 0) is 85.3 Å². The summed E-state index contributed by atoms with van der Waals surface area (Å²) in [4.78, 5) is 19.9. The molecule has 2 unspecified atom stereocenters. The number of nitrogens with zero attached hydrogens (tertiary/aromatic N) is 4. The van der Waals surface area contributed by atoms with E-state index in [4.69, 9.17) is 42.1 Å². The molecule has 20 heteroatoms. The lowest BCUT2D eigenvalue weighted by atomic mass is 9.91. The van der Waals surface area contributed by atoms with Crippen LogP contribution in [-0.4, -0.2) is 73.1 Å². The van der Waals surface area contributed by atoms with Gasteiger partial charge < -0.3 is 55.1 Å². The van der Waals surface area contributed by atoms with Gasteiger partial charge in [0.15, 0.2) is 6.29 Å². The number of ether oxygens (including phenoxy) is 4. The summed E-state index contributed by atoms with van der Waals surface area (Å²) in [5, 5.41) is 72.9. The highest BCUT2D eigenvalue weighted by atomic mass is 35.5. The predicted molar refractivity (Wildman–Crippen MR) is 260 cm³/mol. The van der Waals surface area contributed by atoms with Crippen LogP contribution in [0.15, 0.2) is 85.5 Å². The number of benzene rings is 4. The van der Waals surface area contributed by atoms with Gasteiger partial charge in [0.1, 0.15) is 79.2 Å². The van der Waals surface area contributed by atoms with E-state index in [1.54, 1.807) is 44.2 Å². The number of aliphatic carboxylic acids is 1. The van der Waals surface area contributed by atoms with E-state index in [9.17, 15) is 40.9 Å². The zero-order valence-electron chi connectivity index (χ0n) is 39.0. The van der Waals surface area contributed by atoms with Crippen LogP contribution in [-0.2, 0) is 44.3 Å². The maximum absolute atomic E-state index is 15.8. The molecular formula is C52H50Cl2F2N6O10. The van der Waals surface area contributed by atoms with E-state index in [2.05, 4.69) is 20.6 Å². The zero-order chi connectivity index (χ0) is 51.9. The van der Waals surface area contributed by atoms with Gasteiger partial charge >= 0.3 is 5.97 Å². The molecule has 16 nitrogen and oxygen atoms in total. The van der Waals surface area contributed by atoms with Crippen LogP contribution in [0.5, 0.6) is 23.0 Å². The van der Waals surface area contributed by atoms with E-state index in [-0.39, 0.29) is 110 Å². The number of aromatic nitrogens is 2. The van der Waals surface area contributed by atoms with Crippen molar-refractivity contribution in [2.24, 2.45) is 0 Å². The molecule has 0 saturated carbocycles. The number of nitriles is 2. The average molecular weight is 1030 g/mol. The molecule has 2 atom stereocenters. The SMILES string of the molecule is Cc1c(-c2ccc(F)c(COc3cc(OCc4cncc(C#N)c4)c(CNC(CCO)C(O)O)cc3Cl)c2C)ccc(F)c1COc1cc(OCc2cncc(C#N)c2)c(CNC(CCO)C(=O)O)cc1Cl. The Balaban J connectivity index is 1.25. The number of halogens is 4. The predicted octanol–water partition coefficient (Wildman–Crippen LogP) is 7.48. The van der Waals surface area contributed by atoms with Crippen LogP contribution in [0, 0.1) is 48.1 Å². The fraction of sp³-hybridized carbons (Fsp3) is 0.288. The maximum Gasteiger partial charge on any atom is 0.320 e. The largest absolute Gasteiger partial charge is 0.488 e. The molecule has 0 radical (unpaired) electrons. The highest BCUT2D eigenvalue weighted by Gasteiger charge is 2.23. The summed E-state index contributed by atoms with van der Waals surface area (Å²) in [6.45, 7) is 2.08. The van der Waals surface area contributed by atoms with Crippen molar-refractivity contribution in [3.05, 3.63) is 163 Å². The van der Waals surface area contributed by atoms with Crippen LogP contribution in [0.1, 0.15) is 68.5 Å². The number of hydrogen-bond acceptors (Lipinski definition) is 15. The maximum atomic E-state index is 15.8. The molecule has 0 bridgehead atoms. The van der Waals surface area contributed by atoms with Crippen LogP contribution in [0.2, 0.25) is 10.0 Å². The lowest BCUT2D eigenvalue weighted by Gasteiger charge is -2.22. The van der Waals surface area contributed by atoms with Crippen molar-refractivity contribution in [2.45, 2.75) is 84.6 Å². The first-order valence-corrected chi connectivity index (χ1v) is 23.1. The quantitative estimate of drug-likeness (QED) is 0.0274. The molecule has 0 spiro atoms. The third kappa shape index (κ3) is 14.1. The Morgan fingerprint density at radius 2 is 1.10 bits per heavy atom. The molecule has 7 N–H and O–H groups in total. The summed E-state index contributed by atoms with van der Waals surface area (Å²) in [5.74, 6) is -1.58. The summed E-state index contributed by atoms with van der Waals surface area (Å²) in [5.41, 5.74) is 5.19. The number of rotatable bonds is 25. The summed E-state index contributed by atoms with van der Waals surface area (Å²) in [6, 6.07) is 17.1. The van der Waals surface area contributed by atoms with Crippen molar-refractivity contribution in [3.63, 3.8) is 0 Å². The normalized spacial score (nSPS) is 12.0. The van der Waals surface area contributed by atoms with Gasteiger partial charge in [-0.15, -0.1) is 0 Å². The number of carboxylic acid groups (broad SMARTS) is 1. The molecule has 2 aromatic heterocycles. The molecular weight excluding hydrogens is 978 g/mol. The molecule has 0 aliphatic heterocycles. The fourth-order valence-corrected chi connectivity index (χ4v) is 8.07. The Morgan fingerprint density at radius 3 is 1.51 bits per heavy atom. The third-order valence-electron chi connectivity index (χ3n) is 11.6. The van der Waals surface area contributed by atoms with Gasteiger partial charge in [-0.3, -0.25) is 14.8 Å². The molecule has 0 aliphatic carbocycles. The van der Waals surface area contributed by atoms with E-state index >= 15 is 8.78 Å². The van der Waals surface area contributed by atoms with Crippen LogP contribution in [0.3, 0.4) is 0 Å². The first-order valence-electron chi connectivity index (χ1n) is 22.3. The number of carbonyl (C=O) groups is 1. The smallest absolute Gasteiger partial charge is 0.320 e. The molecule has 6 aromatic rings. The van der Waals surface area contributed by atoms with Crippen molar-refractivity contribution >= 4 is 29.2 Å². The minimum absolute atomic E-state index is 0.0205. The lowest BCUT2D eigenvalue weighted by Crippen LogP contribution is -2.40. The molecule has 0 fully saturated rings. The zero-order valence-corrected chi connectivity index (χ0v) is 40.5. The number of carboxylic acids is 1. The van der Waals surface area contributed by atoms with Crippen molar-refractivity contribution in [1.29, 1.82) is 10.5 Å². The van der Waals surface area contributed by atoms with Gasteiger partial charge in [0.25, 0.3) is 0 Å². The standard InChI is InChI=1S/C52H50Cl2F2N6O10/c1-29-37(3-5-43(55)39(29)27-71-49-15-47(69-25-33-11-31(17-57)19-59-21-33)35(13-41(49)53)23-61-45(7-9-63)51(65)66)38-4-6-44(56)40(30(38)2)28-72-50-16-48(70-26-34-12-32(18-58)20-60-22-34)36(14-42(50)54)24-62-46(8-10-64)52(67)68/h3-6,11-16,19-22,45-46,51,61-66H,7-10,23-28H2,1-2H3,(H,67,68). The fourth-order valence-electron chi connectivity index (χ4n) is 7.59. The summed E-state index contributed by atoms with van der Waals surface area (Å²) >= 11 is 13.4. The van der Waals surface area contributed by atoms with Crippen molar-refractivity contribution in [2.75, 3.05) is 13.2 Å². The van der Waals surface area contributed by atoms with Crippen LogP contribution in [0.25, 0.3) is 11.1 Å². The van der Waals surface area contributed by atoms with Crippen molar-refractivity contribution < 1.29 is 58.1 Å². The molecule has 6 rings (SSSR count). The monoisotopic (exact) mass is 1030 g/mol. The Morgan fingerprint density at radius 1 is 0.653 bits per heavy atom. The van der Waals surface area contributed by atoms with E-state index in [1.807, 2.05) is 12.1 Å². The van der Waals surface area contributed by atoms with Gasteiger partial charge in [0, 0.05) is 96.6 Å². The Kier molecular flexibility index (Phi) is 19.6. The minimum atomic E-state index is -1.77. The Hall–Kier alpha value is -6.97. The van der Waals surface area contributed by atoms with Crippen molar-refractivity contribution in [3.8, 4) is 46.3 Å². The number of nitrogens with one attached hydrogen (secondary N) is 2. The van der Waals surface area contributed by atoms with Gasteiger partial charge in [0.05, 0.1) is 27.2 Å². The van der Waals surface area contributed by atoms with E-state index in [1.165, 1.54) is 55.1 Å². The summed E-state index contributed by atoms with van der Waals surface area (Å²) in [7, 11) is 0. The summed E-state index contributed by atoms with van der Waals surface area (Å²) in [6.07, 6.45) is 4.08. The number of pyridine rings is 2. The molecule has 376 valence electrons. The van der Waals surface area contributed by atoms with Crippen LogP contribution >= 0.6 is 23.2 Å². The third-order valence-corrected chi connectivity index (χ3v) is 12.2. The second-order valence-electron chi connectivity index (χ2n) is 16.4. The second kappa shape index (κ2) is 25.9. The van der Waals surface area contributed by atoms with Gasteiger partial charge in [-0.2, -0.15) is 10.5 Å². The first kappa shape index (κ1) is 54.4. The van der Waals surface area contributed by atoms with Gasteiger partial charge in [0.2, 0.25) is 0 Å². The highest BCUT2D eigenvalue weighted by molar-refractivity contribution is 6.32. The molecule has 4 aromatic carbocycles. The van der Waals surface area contributed by atoms with E-state index < -0.39 is 36.0 Å². The van der Waals surface area contributed by atoms with E-state index in [0.717, 1.165) is 0 Å². The number of aliphatic hydroxyl groups excluding tert-OH is 3. The molecule has 72 heavy (non-hydrogen) atoms.